The normalized spacial score (nSPS) is 15.8. The van der Waals surface area contributed by atoms with E-state index in [1.807, 2.05) is 0 Å². The highest BCUT2D eigenvalue weighted by molar-refractivity contribution is 5.93. The SMILES string of the molecule is Cl.O=C(NC1CCNCC1)c1ccc([N+](=O)[O-])[nH]1. The van der Waals surface area contributed by atoms with Crippen LogP contribution in [0, 0.1) is 10.1 Å². The predicted octanol–water partition coefficient (Wildman–Crippen LogP) is 0.827. The van der Waals surface area contributed by atoms with E-state index in [1.165, 1.54) is 12.1 Å². The molecule has 100 valence electrons. The first-order chi connectivity index (χ1) is 8.16. The van der Waals surface area contributed by atoms with Crippen LogP contribution in [0.5, 0.6) is 0 Å². The molecule has 1 aliphatic heterocycles. The van der Waals surface area contributed by atoms with Crippen molar-refractivity contribution in [2.24, 2.45) is 0 Å². The van der Waals surface area contributed by atoms with E-state index in [9.17, 15) is 14.9 Å². The second-order valence-corrected chi connectivity index (χ2v) is 4.01. The lowest BCUT2D eigenvalue weighted by Crippen LogP contribution is -2.42. The van der Waals surface area contributed by atoms with E-state index in [4.69, 9.17) is 0 Å². The molecule has 7 nitrogen and oxygen atoms in total. The van der Waals surface area contributed by atoms with Crippen molar-refractivity contribution in [3.05, 3.63) is 27.9 Å². The molecular weight excluding hydrogens is 260 g/mol. The molecule has 0 bridgehead atoms. The maximum absolute atomic E-state index is 11.8. The van der Waals surface area contributed by atoms with Gasteiger partial charge in [-0.15, -0.1) is 12.4 Å². The molecule has 1 saturated heterocycles. The zero-order chi connectivity index (χ0) is 12.3. The van der Waals surface area contributed by atoms with E-state index < -0.39 is 4.92 Å². The van der Waals surface area contributed by atoms with Gasteiger partial charge in [0.05, 0.1) is 0 Å². The summed E-state index contributed by atoms with van der Waals surface area (Å²) in [6.07, 6.45) is 1.77. The topological polar surface area (TPSA) is 100 Å². The van der Waals surface area contributed by atoms with Crippen molar-refractivity contribution in [1.29, 1.82) is 0 Å². The number of nitrogens with one attached hydrogen (secondary N) is 3. The van der Waals surface area contributed by atoms with Crippen LogP contribution in [0.4, 0.5) is 5.82 Å². The Hall–Kier alpha value is -1.60. The van der Waals surface area contributed by atoms with Gasteiger partial charge < -0.3 is 20.7 Å². The summed E-state index contributed by atoms with van der Waals surface area (Å²) in [5.41, 5.74) is 0.232. The Morgan fingerprint density at radius 2 is 2.06 bits per heavy atom. The Bertz CT molecular complexity index is 429. The first-order valence-corrected chi connectivity index (χ1v) is 5.52. The summed E-state index contributed by atoms with van der Waals surface area (Å²) in [4.78, 5) is 24.1. The van der Waals surface area contributed by atoms with Crippen LogP contribution < -0.4 is 10.6 Å². The minimum Gasteiger partial charge on any atom is -0.358 e. The second kappa shape index (κ2) is 6.36. The van der Waals surface area contributed by atoms with E-state index in [-0.39, 0.29) is 35.9 Å². The molecule has 8 heteroatoms. The summed E-state index contributed by atoms with van der Waals surface area (Å²) >= 11 is 0. The van der Waals surface area contributed by atoms with Crippen molar-refractivity contribution in [3.63, 3.8) is 0 Å². The summed E-state index contributed by atoms with van der Waals surface area (Å²) < 4.78 is 0. The van der Waals surface area contributed by atoms with E-state index in [0.717, 1.165) is 25.9 Å². The summed E-state index contributed by atoms with van der Waals surface area (Å²) in [7, 11) is 0. The maximum Gasteiger partial charge on any atom is 0.321 e. The summed E-state index contributed by atoms with van der Waals surface area (Å²) in [5, 5.41) is 16.5. The zero-order valence-electron chi connectivity index (χ0n) is 9.64. The Labute approximate surface area is 110 Å². The van der Waals surface area contributed by atoms with Crippen molar-refractivity contribution < 1.29 is 9.72 Å². The third kappa shape index (κ3) is 3.44. The number of hydrogen-bond donors (Lipinski definition) is 3. The Kier molecular flexibility index (Phi) is 5.11. The monoisotopic (exact) mass is 274 g/mol. The number of carbonyl (C=O) groups is 1. The van der Waals surface area contributed by atoms with Crippen LogP contribution in [0.2, 0.25) is 0 Å². The van der Waals surface area contributed by atoms with Gasteiger partial charge in [0.15, 0.2) is 5.69 Å². The highest BCUT2D eigenvalue weighted by Gasteiger charge is 2.20. The molecule has 1 aromatic heterocycles. The molecule has 1 aliphatic rings. The lowest BCUT2D eigenvalue weighted by molar-refractivity contribution is -0.389. The number of nitro groups is 1. The maximum atomic E-state index is 11.8. The van der Waals surface area contributed by atoms with Gasteiger partial charge in [-0.2, -0.15) is 0 Å². The van der Waals surface area contributed by atoms with Crippen molar-refractivity contribution in [2.75, 3.05) is 13.1 Å². The predicted molar refractivity (Wildman–Crippen MR) is 68.1 cm³/mol. The molecule has 1 aromatic rings. The van der Waals surface area contributed by atoms with E-state index >= 15 is 0 Å². The Morgan fingerprint density at radius 1 is 1.39 bits per heavy atom. The third-order valence-electron chi connectivity index (χ3n) is 2.79. The Balaban J connectivity index is 0.00000162. The number of halogens is 1. The summed E-state index contributed by atoms with van der Waals surface area (Å²) in [5.74, 6) is -0.453. The van der Waals surface area contributed by atoms with Crippen LogP contribution in [0.25, 0.3) is 0 Å². The van der Waals surface area contributed by atoms with Crippen LogP contribution in [0.15, 0.2) is 12.1 Å². The number of piperidine rings is 1. The van der Waals surface area contributed by atoms with Gasteiger partial charge in [-0.25, -0.2) is 4.98 Å². The molecule has 2 heterocycles. The molecule has 0 unspecified atom stereocenters. The molecule has 0 aliphatic carbocycles. The molecular formula is C10H15ClN4O3. The lowest BCUT2D eigenvalue weighted by Gasteiger charge is -2.22. The fourth-order valence-corrected chi connectivity index (χ4v) is 1.85. The van der Waals surface area contributed by atoms with Crippen molar-refractivity contribution in [1.82, 2.24) is 15.6 Å². The fourth-order valence-electron chi connectivity index (χ4n) is 1.85. The molecule has 3 N–H and O–H groups in total. The van der Waals surface area contributed by atoms with Crippen molar-refractivity contribution in [2.45, 2.75) is 18.9 Å². The average Bonchev–Trinajstić information content (AvgIpc) is 2.79. The first kappa shape index (κ1) is 14.5. The van der Waals surface area contributed by atoms with Gasteiger partial charge in [-0.3, -0.25) is 4.79 Å². The van der Waals surface area contributed by atoms with Crippen molar-refractivity contribution >= 4 is 24.1 Å². The molecule has 18 heavy (non-hydrogen) atoms. The number of amides is 1. The molecule has 2 rings (SSSR count). The lowest BCUT2D eigenvalue weighted by atomic mass is 10.1. The number of H-pyrrole nitrogens is 1. The van der Waals surface area contributed by atoms with Gasteiger partial charge in [0.2, 0.25) is 0 Å². The standard InChI is InChI=1S/C10H14N4O3.ClH/c15-10(12-7-3-5-11-6-4-7)8-1-2-9(13-8)14(16)17;/h1-2,7,11,13H,3-6H2,(H,12,15);1H. The minimum absolute atomic E-state index is 0. The smallest absolute Gasteiger partial charge is 0.321 e. The average molecular weight is 275 g/mol. The van der Waals surface area contributed by atoms with Gasteiger partial charge in [0, 0.05) is 12.1 Å². The molecule has 1 fully saturated rings. The number of carbonyl (C=O) groups excluding carboxylic acids is 1. The van der Waals surface area contributed by atoms with Gasteiger partial charge in [0.25, 0.3) is 5.91 Å². The van der Waals surface area contributed by atoms with Crippen LogP contribution in [0.3, 0.4) is 0 Å². The Morgan fingerprint density at radius 3 is 2.61 bits per heavy atom. The van der Waals surface area contributed by atoms with E-state index in [0.29, 0.717) is 0 Å². The number of aromatic nitrogens is 1. The summed E-state index contributed by atoms with van der Waals surface area (Å²) in [6, 6.07) is 2.86. The summed E-state index contributed by atoms with van der Waals surface area (Å²) in [6.45, 7) is 1.77. The second-order valence-electron chi connectivity index (χ2n) is 4.01. The molecule has 0 saturated carbocycles. The highest BCUT2D eigenvalue weighted by atomic mass is 35.5. The molecule has 0 radical (unpaired) electrons. The zero-order valence-corrected chi connectivity index (χ0v) is 10.5. The number of aromatic amines is 1. The number of nitrogens with zero attached hydrogens (tertiary/aromatic N) is 1. The van der Waals surface area contributed by atoms with Crippen LogP contribution >= 0.6 is 12.4 Å². The molecule has 0 atom stereocenters. The third-order valence-corrected chi connectivity index (χ3v) is 2.79. The van der Waals surface area contributed by atoms with Gasteiger partial charge >= 0.3 is 5.82 Å². The van der Waals surface area contributed by atoms with Gasteiger partial charge in [-0.1, -0.05) is 0 Å². The molecule has 0 aromatic carbocycles. The van der Waals surface area contributed by atoms with Gasteiger partial charge in [-0.05, 0) is 36.9 Å². The minimum atomic E-state index is -0.554. The quantitative estimate of drug-likeness (QED) is 0.561. The first-order valence-electron chi connectivity index (χ1n) is 5.52. The molecule has 1 amide bonds. The van der Waals surface area contributed by atoms with Gasteiger partial charge in [0.1, 0.15) is 0 Å². The molecule has 0 spiro atoms. The van der Waals surface area contributed by atoms with E-state index in [2.05, 4.69) is 15.6 Å². The van der Waals surface area contributed by atoms with Crippen LogP contribution in [-0.4, -0.2) is 34.9 Å². The highest BCUT2D eigenvalue weighted by Crippen LogP contribution is 2.10. The number of rotatable bonds is 3. The van der Waals surface area contributed by atoms with Crippen LogP contribution in [0.1, 0.15) is 23.3 Å². The fraction of sp³-hybridized carbons (Fsp3) is 0.500. The number of hydrogen-bond acceptors (Lipinski definition) is 4. The van der Waals surface area contributed by atoms with Crippen molar-refractivity contribution in [3.8, 4) is 0 Å². The van der Waals surface area contributed by atoms with E-state index in [1.54, 1.807) is 0 Å². The largest absolute Gasteiger partial charge is 0.358 e. The van der Waals surface area contributed by atoms with Crippen LogP contribution in [-0.2, 0) is 0 Å².